The van der Waals surface area contributed by atoms with Crippen LogP contribution in [0.15, 0.2) is 22.7 Å². The highest BCUT2D eigenvalue weighted by Gasteiger charge is 2.48. The molecule has 1 N–H and O–H groups in total. The maximum absolute atomic E-state index is 12.9. The Morgan fingerprint density at radius 3 is 2.89 bits per heavy atom. The molecular formula is C18H20N4O5. The SMILES string of the molecule is CCCc1nc(CN2C(=O)N[C@](C)(Cc3ccc4c(c3)OCO4)C2=O)no1. The number of nitrogens with zero attached hydrogens (tertiary/aromatic N) is 3. The first kappa shape index (κ1) is 17.3. The molecule has 142 valence electrons. The predicted molar refractivity (Wildman–Crippen MR) is 92.0 cm³/mol. The number of rotatable bonds is 6. The number of fused-ring (bicyclic) bond motifs is 1. The van der Waals surface area contributed by atoms with E-state index in [2.05, 4.69) is 15.5 Å². The molecule has 0 saturated carbocycles. The zero-order chi connectivity index (χ0) is 19.0. The second kappa shape index (κ2) is 6.57. The Bertz CT molecular complexity index is 896. The largest absolute Gasteiger partial charge is 0.454 e. The molecule has 0 spiro atoms. The molecule has 1 atom stereocenters. The number of hydrogen-bond acceptors (Lipinski definition) is 7. The quantitative estimate of drug-likeness (QED) is 0.771. The number of carbonyl (C=O) groups is 2. The van der Waals surface area contributed by atoms with Gasteiger partial charge in [0.1, 0.15) is 5.54 Å². The van der Waals surface area contributed by atoms with Crippen LogP contribution >= 0.6 is 0 Å². The highest BCUT2D eigenvalue weighted by molar-refractivity contribution is 6.06. The van der Waals surface area contributed by atoms with Gasteiger partial charge in [-0.25, -0.2) is 4.79 Å². The van der Waals surface area contributed by atoms with Crippen molar-refractivity contribution in [3.63, 3.8) is 0 Å². The van der Waals surface area contributed by atoms with Crippen molar-refractivity contribution >= 4 is 11.9 Å². The normalized spacial score (nSPS) is 21.0. The van der Waals surface area contributed by atoms with E-state index in [1.807, 2.05) is 19.1 Å². The van der Waals surface area contributed by atoms with Gasteiger partial charge in [-0.3, -0.25) is 9.69 Å². The number of ether oxygens (including phenoxy) is 2. The molecule has 0 aliphatic carbocycles. The summed E-state index contributed by atoms with van der Waals surface area (Å²) in [6.45, 7) is 3.87. The van der Waals surface area contributed by atoms with Crippen LogP contribution in [0.2, 0.25) is 0 Å². The van der Waals surface area contributed by atoms with Gasteiger partial charge in [0, 0.05) is 12.8 Å². The molecule has 27 heavy (non-hydrogen) atoms. The van der Waals surface area contributed by atoms with Crippen molar-refractivity contribution in [2.24, 2.45) is 0 Å². The summed E-state index contributed by atoms with van der Waals surface area (Å²) >= 11 is 0. The zero-order valence-corrected chi connectivity index (χ0v) is 15.2. The van der Waals surface area contributed by atoms with Crippen molar-refractivity contribution in [2.45, 2.75) is 45.2 Å². The van der Waals surface area contributed by atoms with E-state index < -0.39 is 11.6 Å². The Kier molecular flexibility index (Phi) is 4.21. The molecule has 9 nitrogen and oxygen atoms in total. The van der Waals surface area contributed by atoms with Crippen LogP contribution in [-0.2, 0) is 24.2 Å². The fourth-order valence-electron chi connectivity index (χ4n) is 3.28. The molecule has 3 heterocycles. The van der Waals surface area contributed by atoms with Crippen LogP contribution in [0.3, 0.4) is 0 Å². The van der Waals surface area contributed by atoms with Gasteiger partial charge in [0.2, 0.25) is 12.7 Å². The molecule has 0 bridgehead atoms. The zero-order valence-electron chi connectivity index (χ0n) is 15.2. The molecule has 2 aliphatic heterocycles. The average Bonchev–Trinajstić information content (AvgIpc) is 3.31. The average molecular weight is 372 g/mol. The smallest absolute Gasteiger partial charge is 0.325 e. The Hall–Kier alpha value is -3.10. The van der Waals surface area contributed by atoms with Gasteiger partial charge in [0.25, 0.3) is 5.91 Å². The molecule has 1 fully saturated rings. The Labute approximate surface area is 155 Å². The molecule has 1 saturated heterocycles. The van der Waals surface area contributed by atoms with Crippen LogP contribution in [-0.4, -0.2) is 39.3 Å². The van der Waals surface area contributed by atoms with Gasteiger partial charge in [0.15, 0.2) is 17.3 Å². The van der Waals surface area contributed by atoms with Crippen molar-refractivity contribution in [1.82, 2.24) is 20.4 Å². The summed E-state index contributed by atoms with van der Waals surface area (Å²) in [5.41, 5.74) is -0.192. The van der Waals surface area contributed by atoms with E-state index in [-0.39, 0.29) is 19.2 Å². The third-order valence-electron chi connectivity index (χ3n) is 4.61. The summed E-state index contributed by atoms with van der Waals surface area (Å²) in [5.74, 6) is 1.80. The van der Waals surface area contributed by atoms with E-state index in [0.29, 0.717) is 36.1 Å². The van der Waals surface area contributed by atoms with E-state index >= 15 is 0 Å². The highest BCUT2D eigenvalue weighted by atomic mass is 16.7. The molecule has 3 amide bonds. The summed E-state index contributed by atoms with van der Waals surface area (Å²) in [4.78, 5) is 30.6. The number of hydrogen-bond donors (Lipinski definition) is 1. The van der Waals surface area contributed by atoms with Crippen LogP contribution in [0.25, 0.3) is 0 Å². The predicted octanol–water partition coefficient (Wildman–Crippen LogP) is 1.80. The van der Waals surface area contributed by atoms with Crippen molar-refractivity contribution in [3.05, 3.63) is 35.5 Å². The molecule has 1 aromatic heterocycles. The van der Waals surface area contributed by atoms with Crippen molar-refractivity contribution < 1.29 is 23.6 Å². The van der Waals surface area contributed by atoms with E-state index in [1.165, 1.54) is 0 Å². The third-order valence-corrected chi connectivity index (χ3v) is 4.61. The van der Waals surface area contributed by atoms with Gasteiger partial charge in [-0.1, -0.05) is 18.1 Å². The van der Waals surface area contributed by atoms with Gasteiger partial charge in [-0.2, -0.15) is 4.98 Å². The Morgan fingerprint density at radius 1 is 1.26 bits per heavy atom. The summed E-state index contributed by atoms with van der Waals surface area (Å²) in [7, 11) is 0. The molecule has 9 heteroatoms. The van der Waals surface area contributed by atoms with E-state index in [4.69, 9.17) is 14.0 Å². The molecule has 2 aliphatic rings. The number of urea groups is 1. The third kappa shape index (κ3) is 3.20. The standard InChI is InChI=1S/C18H20N4O5/c1-3-4-15-19-14(21-27-15)9-22-16(23)18(2,20-17(22)24)8-11-5-6-12-13(7-11)26-10-25-12/h5-7H,3-4,8-10H2,1-2H3,(H,20,24)/t18-/m1/s1. The fraction of sp³-hybridized carbons (Fsp3) is 0.444. The van der Waals surface area contributed by atoms with E-state index in [1.54, 1.807) is 13.0 Å². The number of aryl methyl sites for hydroxylation is 1. The topological polar surface area (TPSA) is 107 Å². The first-order valence-electron chi connectivity index (χ1n) is 8.82. The summed E-state index contributed by atoms with van der Waals surface area (Å²) < 4.78 is 15.8. The van der Waals surface area contributed by atoms with E-state index in [9.17, 15) is 9.59 Å². The molecule has 1 aromatic carbocycles. The van der Waals surface area contributed by atoms with Gasteiger partial charge >= 0.3 is 6.03 Å². The minimum atomic E-state index is -1.05. The number of imide groups is 1. The number of nitrogens with one attached hydrogen (secondary N) is 1. The maximum atomic E-state index is 12.9. The monoisotopic (exact) mass is 372 g/mol. The maximum Gasteiger partial charge on any atom is 0.325 e. The fourth-order valence-corrected chi connectivity index (χ4v) is 3.28. The molecule has 0 radical (unpaired) electrons. The molecular weight excluding hydrogens is 352 g/mol. The minimum absolute atomic E-state index is 0.0192. The lowest BCUT2D eigenvalue weighted by atomic mass is 9.92. The van der Waals surface area contributed by atoms with Crippen LogP contribution in [0.4, 0.5) is 4.79 Å². The Morgan fingerprint density at radius 2 is 2.07 bits per heavy atom. The molecule has 0 unspecified atom stereocenters. The van der Waals surface area contributed by atoms with E-state index in [0.717, 1.165) is 16.9 Å². The first-order chi connectivity index (χ1) is 13.0. The summed E-state index contributed by atoms with van der Waals surface area (Å²) in [6, 6.07) is 5.02. The Balaban J connectivity index is 1.49. The lowest BCUT2D eigenvalue weighted by Gasteiger charge is -2.21. The van der Waals surface area contributed by atoms with Crippen LogP contribution < -0.4 is 14.8 Å². The summed E-state index contributed by atoms with van der Waals surface area (Å²) in [6.07, 6.45) is 1.87. The summed E-state index contributed by atoms with van der Waals surface area (Å²) in [5, 5.41) is 6.63. The van der Waals surface area contributed by atoms with Gasteiger partial charge in [-0.15, -0.1) is 0 Å². The van der Waals surface area contributed by atoms with Crippen LogP contribution in [0.5, 0.6) is 11.5 Å². The first-order valence-corrected chi connectivity index (χ1v) is 8.82. The molecule has 4 rings (SSSR count). The lowest BCUT2D eigenvalue weighted by Crippen LogP contribution is -2.45. The van der Waals surface area contributed by atoms with Crippen LogP contribution in [0, 0.1) is 0 Å². The number of amides is 3. The van der Waals surface area contributed by atoms with Crippen molar-refractivity contribution in [1.29, 1.82) is 0 Å². The van der Waals surface area contributed by atoms with Crippen molar-refractivity contribution in [3.8, 4) is 11.5 Å². The van der Waals surface area contributed by atoms with Crippen LogP contribution in [0.1, 0.15) is 37.5 Å². The second-order valence-corrected chi connectivity index (χ2v) is 6.87. The van der Waals surface area contributed by atoms with Gasteiger partial charge in [-0.05, 0) is 31.0 Å². The second-order valence-electron chi connectivity index (χ2n) is 6.87. The highest BCUT2D eigenvalue weighted by Crippen LogP contribution is 2.34. The number of benzene rings is 1. The minimum Gasteiger partial charge on any atom is -0.454 e. The molecule has 2 aromatic rings. The lowest BCUT2D eigenvalue weighted by molar-refractivity contribution is -0.131. The number of aromatic nitrogens is 2. The van der Waals surface area contributed by atoms with Gasteiger partial charge in [0.05, 0.1) is 6.54 Å². The van der Waals surface area contributed by atoms with Crippen molar-refractivity contribution in [2.75, 3.05) is 6.79 Å². The number of carbonyl (C=O) groups excluding carboxylic acids is 2. The van der Waals surface area contributed by atoms with Gasteiger partial charge < -0.3 is 19.3 Å².